The number of carbonyl (C=O) groups is 2. The van der Waals surface area contributed by atoms with Gasteiger partial charge in [0.1, 0.15) is 0 Å². The first-order valence-corrected chi connectivity index (χ1v) is 5.67. The van der Waals surface area contributed by atoms with Crippen LogP contribution in [0.4, 0.5) is 0 Å². The third kappa shape index (κ3) is 2.70. The Morgan fingerprint density at radius 3 is 2.71 bits per heavy atom. The minimum Gasteiger partial charge on any atom is -0.275 e. The van der Waals surface area contributed by atoms with Crippen LogP contribution in [0, 0.1) is 0 Å². The summed E-state index contributed by atoms with van der Waals surface area (Å²) in [6, 6.07) is 3.44. The zero-order valence-corrected chi connectivity index (χ0v) is 9.82. The maximum Gasteiger partial charge on any atom is 0.279 e. The topological polar surface area (TPSA) is 76.0 Å². The average molecular weight is 250 g/mol. The Bertz CT molecular complexity index is 532. The number of amides is 2. The molecule has 0 spiro atoms. The van der Waals surface area contributed by atoms with Gasteiger partial charge in [0.25, 0.3) is 11.8 Å². The number of hydrazine groups is 1. The molecule has 0 atom stereocenters. The Kier molecular flexibility index (Phi) is 3.20. The van der Waals surface area contributed by atoms with Gasteiger partial charge in [-0.15, -0.1) is 11.3 Å². The minimum absolute atomic E-state index is 0.336. The van der Waals surface area contributed by atoms with Crippen LogP contribution in [0.15, 0.2) is 29.9 Å². The molecule has 0 aromatic carbocycles. The second-order valence-corrected chi connectivity index (χ2v) is 4.24. The molecule has 2 heterocycles. The van der Waals surface area contributed by atoms with E-state index in [1.54, 1.807) is 30.8 Å². The molecular weight excluding hydrogens is 240 g/mol. The van der Waals surface area contributed by atoms with Gasteiger partial charge in [-0.3, -0.25) is 25.1 Å². The van der Waals surface area contributed by atoms with Crippen molar-refractivity contribution >= 4 is 23.2 Å². The summed E-state index contributed by atoms with van der Waals surface area (Å²) in [7, 11) is 1.71. The van der Waals surface area contributed by atoms with Gasteiger partial charge in [-0.1, -0.05) is 6.07 Å². The van der Waals surface area contributed by atoms with Crippen molar-refractivity contribution in [3.05, 3.63) is 40.3 Å². The molecule has 2 amide bonds. The van der Waals surface area contributed by atoms with Crippen LogP contribution in [0.3, 0.4) is 0 Å². The minimum atomic E-state index is -0.400. The quantitative estimate of drug-likeness (QED) is 0.764. The van der Waals surface area contributed by atoms with E-state index in [4.69, 9.17) is 0 Å². The van der Waals surface area contributed by atoms with Crippen LogP contribution in [0.25, 0.3) is 0 Å². The molecule has 7 heteroatoms. The predicted octanol–water partition coefficient (Wildman–Crippen LogP) is 0.556. The average Bonchev–Trinajstić information content (AvgIpc) is 2.95. The Morgan fingerprint density at radius 2 is 2.12 bits per heavy atom. The van der Waals surface area contributed by atoms with Gasteiger partial charge in [-0.25, -0.2) is 0 Å². The van der Waals surface area contributed by atoms with E-state index in [0.717, 1.165) is 0 Å². The van der Waals surface area contributed by atoms with E-state index < -0.39 is 5.91 Å². The maximum absolute atomic E-state index is 11.6. The summed E-state index contributed by atoms with van der Waals surface area (Å²) in [5.74, 6) is -0.736. The van der Waals surface area contributed by atoms with E-state index in [1.807, 2.05) is 0 Å². The number of thiophene rings is 1. The lowest BCUT2D eigenvalue weighted by Crippen LogP contribution is -2.41. The molecule has 2 rings (SSSR count). The molecule has 0 fully saturated rings. The summed E-state index contributed by atoms with van der Waals surface area (Å²) in [6.45, 7) is 0. The van der Waals surface area contributed by atoms with Crippen molar-refractivity contribution in [2.45, 2.75) is 0 Å². The van der Waals surface area contributed by atoms with Crippen LogP contribution < -0.4 is 10.9 Å². The van der Waals surface area contributed by atoms with E-state index in [9.17, 15) is 9.59 Å². The normalized spacial score (nSPS) is 9.94. The summed E-state index contributed by atoms with van der Waals surface area (Å²) in [5.41, 5.74) is 5.03. The SMILES string of the molecule is Cn1cc(C(=O)NNC(=O)c2cccs2)cn1. The van der Waals surface area contributed by atoms with Gasteiger partial charge in [-0.2, -0.15) is 5.10 Å². The van der Waals surface area contributed by atoms with E-state index in [-0.39, 0.29) is 5.91 Å². The van der Waals surface area contributed by atoms with Gasteiger partial charge in [0.05, 0.1) is 16.6 Å². The molecule has 0 saturated heterocycles. The van der Waals surface area contributed by atoms with Crippen LogP contribution in [0.1, 0.15) is 20.0 Å². The Balaban J connectivity index is 1.91. The molecule has 2 aromatic rings. The summed E-state index contributed by atoms with van der Waals surface area (Å²) >= 11 is 1.30. The lowest BCUT2D eigenvalue weighted by molar-refractivity contribution is 0.0849. The Labute approximate surface area is 101 Å². The smallest absolute Gasteiger partial charge is 0.275 e. The summed E-state index contributed by atoms with van der Waals surface area (Å²) in [6.07, 6.45) is 2.99. The van der Waals surface area contributed by atoms with Crippen molar-refractivity contribution in [1.82, 2.24) is 20.6 Å². The second-order valence-electron chi connectivity index (χ2n) is 3.29. The first-order valence-electron chi connectivity index (χ1n) is 4.79. The van der Waals surface area contributed by atoms with Crippen molar-refractivity contribution in [2.24, 2.45) is 7.05 Å². The third-order valence-corrected chi connectivity index (χ3v) is 2.87. The molecule has 17 heavy (non-hydrogen) atoms. The first-order chi connectivity index (χ1) is 8.16. The standard InChI is InChI=1S/C10H10N4O2S/c1-14-6-7(5-11-14)9(15)12-13-10(16)8-3-2-4-17-8/h2-6H,1H3,(H,12,15)(H,13,16). The number of hydrogen-bond acceptors (Lipinski definition) is 4. The molecule has 6 nitrogen and oxygen atoms in total. The second kappa shape index (κ2) is 4.79. The molecule has 0 radical (unpaired) electrons. The van der Waals surface area contributed by atoms with E-state index in [1.165, 1.54) is 22.2 Å². The molecule has 2 aromatic heterocycles. The number of aromatic nitrogens is 2. The number of carbonyl (C=O) groups excluding carboxylic acids is 2. The fraction of sp³-hybridized carbons (Fsp3) is 0.100. The summed E-state index contributed by atoms with van der Waals surface area (Å²) in [5, 5.41) is 5.65. The van der Waals surface area contributed by atoms with Crippen LogP contribution in [-0.2, 0) is 7.05 Å². The molecule has 88 valence electrons. The molecule has 0 aliphatic heterocycles. The number of nitrogens with zero attached hydrogens (tertiary/aromatic N) is 2. The Hall–Kier alpha value is -2.15. The van der Waals surface area contributed by atoms with Gasteiger partial charge in [0, 0.05) is 13.2 Å². The van der Waals surface area contributed by atoms with E-state index >= 15 is 0 Å². The molecule has 0 saturated carbocycles. The van der Waals surface area contributed by atoms with Crippen LogP contribution >= 0.6 is 11.3 Å². The monoisotopic (exact) mass is 250 g/mol. The lowest BCUT2D eigenvalue weighted by atomic mass is 10.3. The van der Waals surface area contributed by atoms with Gasteiger partial charge in [0.2, 0.25) is 0 Å². The van der Waals surface area contributed by atoms with Crippen molar-refractivity contribution in [3.63, 3.8) is 0 Å². The molecular formula is C10H10N4O2S. The first kappa shape index (κ1) is 11.3. The van der Waals surface area contributed by atoms with Crippen LogP contribution in [-0.4, -0.2) is 21.6 Å². The largest absolute Gasteiger partial charge is 0.279 e. The van der Waals surface area contributed by atoms with E-state index in [0.29, 0.717) is 10.4 Å². The lowest BCUT2D eigenvalue weighted by Gasteiger charge is -2.04. The fourth-order valence-corrected chi connectivity index (χ4v) is 1.81. The molecule has 2 N–H and O–H groups in total. The number of aryl methyl sites for hydroxylation is 1. The highest BCUT2D eigenvalue weighted by atomic mass is 32.1. The zero-order valence-electron chi connectivity index (χ0n) is 9.01. The number of nitrogens with one attached hydrogen (secondary N) is 2. The predicted molar refractivity (Wildman–Crippen MR) is 62.5 cm³/mol. The molecule has 0 aliphatic carbocycles. The van der Waals surface area contributed by atoms with Crippen molar-refractivity contribution < 1.29 is 9.59 Å². The van der Waals surface area contributed by atoms with Crippen LogP contribution in [0.5, 0.6) is 0 Å². The summed E-state index contributed by atoms with van der Waals surface area (Å²) in [4.78, 5) is 23.6. The maximum atomic E-state index is 11.6. The van der Waals surface area contributed by atoms with Gasteiger partial charge >= 0.3 is 0 Å². The van der Waals surface area contributed by atoms with Crippen molar-refractivity contribution in [2.75, 3.05) is 0 Å². The fourth-order valence-electron chi connectivity index (χ4n) is 1.19. The zero-order chi connectivity index (χ0) is 12.3. The highest BCUT2D eigenvalue weighted by Crippen LogP contribution is 2.07. The highest BCUT2D eigenvalue weighted by molar-refractivity contribution is 7.12. The Morgan fingerprint density at radius 1 is 1.35 bits per heavy atom. The number of hydrogen-bond donors (Lipinski definition) is 2. The van der Waals surface area contributed by atoms with Gasteiger partial charge in [0.15, 0.2) is 0 Å². The molecule has 0 aliphatic rings. The number of rotatable bonds is 2. The van der Waals surface area contributed by atoms with Crippen molar-refractivity contribution in [1.29, 1.82) is 0 Å². The van der Waals surface area contributed by atoms with E-state index in [2.05, 4.69) is 16.0 Å². The summed E-state index contributed by atoms with van der Waals surface area (Å²) < 4.78 is 1.51. The van der Waals surface area contributed by atoms with Gasteiger partial charge < -0.3 is 0 Å². The molecule has 0 unspecified atom stereocenters. The molecule has 0 bridgehead atoms. The highest BCUT2D eigenvalue weighted by Gasteiger charge is 2.10. The third-order valence-electron chi connectivity index (χ3n) is 2.00. The van der Waals surface area contributed by atoms with Crippen molar-refractivity contribution in [3.8, 4) is 0 Å². The van der Waals surface area contributed by atoms with Gasteiger partial charge in [-0.05, 0) is 11.4 Å². The van der Waals surface area contributed by atoms with Crippen LogP contribution in [0.2, 0.25) is 0 Å².